The van der Waals surface area contributed by atoms with Crippen molar-refractivity contribution in [3.05, 3.63) is 51.6 Å². The number of benzene rings is 1. The summed E-state index contributed by atoms with van der Waals surface area (Å²) in [4.78, 5) is 4.13. The van der Waals surface area contributed by atoms with Gasteiger partial charge in [0.05, 0.1) is 0 Å². The zero-order chi connectivity index (χ0) is 10.8. The van der Waals surface area contributed by atoms with Crippen molar-refractivity contribution in [1.29, 1.82) is 0 Å². The number of rotatable bonds is 2. The van der Waals surface area contributed by atoms with Gasteiger partial charge in [-0.2, -0.15) is 0 Å². The van der Waals surface area contributed by atoms with Crippen molar-refractivity contribution in [2.45, 2.75) is 6.10 Å². The first-order chi connectivity index (χ1) is 7.18. The predicted octanol–water partition coefficient (Wildman–Crippen LogP) is 2.11. The van der Waals surface area contributed by atoms with Crippen molar-refractivity contribution >= 4 is 22.6 Å². The molecule has 4 heteroatoms. The standard InChI is InChI=1S/C11H11IN2O/c1-14-6-5-13-11(14)10(15)8-3-2-4-9(12)7-8/h2-7,10,15H,1H3. The van der Waals surface area contributed by atoms with E-state index in [-0.39, 0.29) is 0 Å². The van der Waals surface area contributed by atoms with Crippen LogP contribution in [0.1, 0.15) is 17.5 Å². The summed E-state index contributed by atoms with van der Waals surface area (Å²) < 4.78 is 2.93. The molecule has 0 bridgehead atoms. The molecule has 2 aromatic rings. The molecule has 0 spiro atoms. The monoisotopic (exact) mass is 314 g/mol. The highest BCUT2D eigenvalue weighted by Crippen LogP contribution is 2.21. The minimum Gasteiger partial charge on any atom is -0.380 e. The van der Waals surface area contributed by atoms with Crippen LogP contribution < -0.4 is 0 Å². The minimum atomic E-state index is -0.653. The van der Waals surface area contributed by atoms with E-state index in [1.165, 1.54) is 0 Å². The van der Waals surface area contributed by atoms with E-state index in [0.717, 1.165) is 9.13 Å². The molecule has 3 nitrogen and oxygen atoms in total. The first kappa shape index (κ1) is 10.6. The normalized spacial score (nSPS) is 12.7. The molecule has 1 N–H and O–H groups in total. The molecular weight excluding hydrogens is 303 g/mol. The summed E-state index contributed by atoms with van der Waals surface area (Å²) in [7, 11) is 1.87. The van der Waals surface area contributed by atoms with Crippen LogP contribution in [-0.4, -0.2) is 14.7 Å². The molecule has 78 valence electrons. The topological polar surface area (TPSA) is 38.0 Å². The first-order valence-electron chi connectivity index (χ1n) is 4.59. The van der Waals surface area contributed by atoms with Gasteiger partial charge in [-0.3, -0.25) is 0 Å². The smallest absolute Gasteiger partial charge is 0.142 e. The summed E-state index contributed by atoms with van der Waals surface area (Å²) >= 11 is 2.23. The molecule has 0 amide bonds. The number of halogens is 1. The van der Waals surface area contributed by atoms with Crippen LogP contribution in [0.5, 0.6) is 0 Å². The highest BCUT2D eigenvalue weighted by Gasteiger charge is 2.14. The lowest BCUT2D eigenvalue weighted by atomic mass is 10.1. The second-order valence-electron chi connectivity index (χ2n) is 3.35. The number of aliphatic hydroxyl groups excluding tert-OH is 1. The third kappa shape index (κ3) is 2.21. The zero-order valence-corrected chi connectivity index (χ0v) is 10.4. The number of nitrogens with zero attached hydrogens (tertiary/aromatic N) is 2. The van der Waals surface area contributed by atoms with Crippen molar-refractivity contribution < 1.29 is 5.11 Å². The van der Waals surface area contributed by atoms with Crippen molar-refractivity contribution in [2.24, 2.45) is 7.05 Å². The van der Waals surface area contributed by atoms with Crippen molar-refractivity contribution in [2.75, 3.05) is 0 Å². The first-order valence-corrected chi connectivity index (χ1v) is 5.67. The maximum atomic E-state index is 10.1. The average Bonchev–Trinajstić information content (AvgIpc) is 2.63. The molecule has 1 atom stereocenters. The van der Waals surface area contributed by atoms with E-state index in [2.05, 4.69) is 27.6 Å². The Morgan fingerprint density at radius 2 is 2.27 bits per heavy atom. The number of hydrogen-bond donors (Lipinski definition) is 1. The predicted molar refractivity (Wildman–Crippen MR) is 66.4 cm³/mol. The van der Waals surface area contributed by atoms with Gasteiger partial charge in [0.15, 0.2) is 0 Å². The molecule has 15 heavy (non-hydrogen) atoms. The molecule has 0 aliphatic rings. The van der Waals surface area contributed by atoms with Crippen molar-refractivity contribution in [1.82, 2.24) is 9.55 Å². The largest absolute Gasteiger partial charge is 0.380 e. The summed E-state index contributed by atoms with van der Waals surface area (Å²) in [6, 6.07) is 7.79. The Labute approximate surface area is 102 Å². The Hall–Kier alpha value is -0.880. The lowest BCUT2D eigenvalue weighted by Crippen LogP contribution is -2.06. The van der Waals surface area contributed by atoms with Crippen LogP contribution in [0.4, 0.5) is 0 Å². The fourth-order valence-electron chi connectivity index (χ4n) is 1.47. The van der Waals surface area contributed by atoms with Gasteiger partial charge in [0, 0.05) is 23.0 Å². The Morgan fingerprint density at radius 3 is 2.87 bits per heavy atom. The Bertz CT molecular complexity index is 467. The lowest BCUT2D eigenvalue weighted by Gasteiger charge is -2.10. The van der Waals surface area contributed by atoms with Crippen molar-refractivity contribution in [3.63, 3.8) is 0 Å². The van der Waals surface area contributed by atoms with Gasteiger partial charge in [-0.1, -0.05) is 12.1 Å². The number of aryl methyl sites for hydroxylation is 1. The van der Waals surface area contributed by atoms with E-state index < -0.39 is 6.10 Å². The van der Waals surface area contributed by atoms with Crippen molar-refractivity contribution in [3.8, 4) is 0 Å². The van der Waals surface area contributed by atoms with Crippen LogP contribution in [-0.2, 0) is 7.05 Å². The molecule has 1 aromatic carbocycles. The van der Waals surface area contributed by atoms with E-state index in [0.29, 0.717) is 5.82 Å². The van der Waals surface area contributed by atoms with Gasteiger partial charge in [-0.25, -0.2) is 4.98 Å². The summed E-state index contributed by atoms with van der Waals surface area (Å²) in [6.07, 6.45) is 2.86. The molecule has 1 heterocycles. The molecule has 0 aliphatic carbocycles. The summed E-state index contributed by atoms with van der Waals surface area (Å²) in [5, 5.41) is 10.1. The average molecular weight is 314 g/mol. The van der Waals surface area contributed by atoms with Gasteiger partial charge in [-0.15, -0.1) is 0 Å². The van der Waals surface area contributed by atoms with Crippen LogP contribution in [0, 0.1) is 3.57 Å². The van der Waals surface area contributed by atoms with Gasteiger partial charge >= 0.3 is 0 Å². The van der Waals surface area contributed by atoms with Crippen LogP contribution >= 0.6 is 22.6 Å². The second kappa shape index (κ2) is 4.32. The van der Waals surface area contributed by atoms with Crippen LogP contribution in [0.15, 0.2) is 36.7 Å². The molecular formula is C11H11IN2O. The molecule has 0 fully saturated rings. The van der Waals surface area contributed by atoms with E-state index in [4.69, 9.17) is 0 Å². The van der Waals surface area contributed by atoms with Gasteiger partial charge in [0.25, 0.3) is 0 Å². The second-order valence-corrected chi connectivity index (χ2v) is 4.60. The van der Waals surface area contributed by atoms with E-state index in [1.807, 2.05) is 42.1 Å². The molecule has 0 aliphatic heterocycles. The number of hydrogen-bond acceptors (Lipinski definition) is 2. The fourth-order valence-corrected chi connectivity index (χ4v) is 2.03. The SMILES string of the molecule is Cn1ccnc1C(O)c1cccc(I)c1. The maximum absolute atomic E-state index is 10.1. The quantitative estimate of drug-likeness (QED) is 0.862. The Kier molecular flexibility index (Phi) is 3.06. The van der Waals surface area contributed by atoms with Crippen LogP contribution in [0.2, 0.25) is 0 Å². The zero-order valence-electron chi connectivity index (χ0n) is 8.26. The molecule has 2 rings (SSSR count). The Balaban J connectivity index is 2.36. The van der Waals surface area contributed by atoms with E-state index in [9.17, 15) is 5.11 Å². The van der Waals surface area contributed by atoms with Gasteiger partial charge in [0.1, 0.15) is 11.9 Å². The molecule has 1 aromatic heterocycles. The number of imidazole rings is 1. The number of aromatic nitrogens is 2. The van der Waals surface area contributed by atoms with Crippen LogP contribution in [0.25, 0.3) is 0 Å². The van der Waals surface area contributed by atoms with Crippen LogP contribution in [0.3, 0.4) is 0 Å². The molecule has 0 saturated carbocycles. The fraction of sp³-hybridized carbons (Fsp3) is 0.182. The highest BCUT2D eigenvalue weighted by molar-refractivity contribution is 14.1. The minimum absolute atomic E-state index is 0.653. The maximum Gasteiger partial charge on any atom is 0.142 e. The number of aliphatic hydroxyl groups is 1. The van der Waals surface area contributed by atoms with E-state index in [1.54, 1.807) is 6.20 Å². The van der Waals surface area contributed by atoms with Gasteiger partial charge in [0.2, 0.25) is 0 Å². The molecule has 0 radical (unpaired) electrons. The van der Waals surface area contributed by atoms with Gasteiger partial charge < -0.3 is 9.67 Å². The Morgan fingerprint density at radius 1 is 1.47 bits per heavy atom. The summed E-state index contributed by atoms with van der Waals surface area (Å²) in [6.45, 7) is 0. The summed E-state index contributed by atoms with van der Waals surface area (Å²) in [5.74, 6) is 0.664. The lowest BCUT2D eigenvalue weighted by molar-refractivity contribution is 0.206. The molecule has 1 unspecified atom stereocenters. The third-order valence-electron chi connectivity index (χ3n) is 2.27. The summed E-state index contributed by atoms with van der Waals surface area (Å²) in [5.41, 5.74) is 0.871. The highest BCUT2D eigenvalue weighted by atomic mass is 127. The molecule has 0 saturated heterocycles. The van der Waals surface area contributed by atoms with Gasteiger partial charge in [-0.05, 0) is 40.3 Å². The third-order valence-corrected chi connectivity index (χ3v) is 2.94. The van der Waals surface area contributed by atoms with E-state index >= 15 is 0 Å².